The van der Waals surface area contributed by atoms with Crippen LogP contribution in [0.3, 0.4) is 0 Å². The van der Waals surface area contributed by atoms with Crippen molar-refractivity contribution in [3.05, 3.63) is 255 Å². The number of amides is 7. The summed E-state index contributed by atoms with van der Waals surface area (Å²) in [5.74, 6) is 0.258. The molecule has 1 aliphatic carbocycles. The third-order valence-electron chi connectivity index (χ3n) is 16.5. The summed E-state index contributed by atoms with van der Waals surface area (Å²) in [5, 5.41) is 20.8. The van der Waals surface area contributed by atoms with Crippen LogP contribution in [0.5, 0.6) is 0 Å². The average Bonchev–Trinajstić information content (AvgIpc) is 1.58. The zero-order valence-electron chi connectivity index (χ0n) is 51.5. The van der Waals surface area contributed by atoms with Gasteiger partial charge >= 0.3 is 5.82 Å². The molecule has 0 atom stereocenters. The molecule has 7 amide bonds. The van der Waals surface area contributed by atoms with Gasteiger partial charge < -0.3 is 70.1 Å². The first-order chi connectivity index (χ1) is 47.1. The summed E-state index contributed by atoms with van der Waals surface area (Å²) in [5.41, 5.74) is 5.81. The van der Waals surface area contributed by atoms with Gasteiger partial charge in [0.2, 0.25) is 5.42 Å². The van der Waals surface area contributed by atoms with Crippen molar-refractivity contribution in [1.29, 1.82) is 10.5 Å². The predicted octanol–water partition coefficient (Wildman–Crippen LogP) is 6.68. The van der Waals surface area contributed by atoms with Gasteiger partial charge in [-0.05, 0) is 129 Å². The normalized spacial score (nSPS) is 18.0. The number of halogens is 2. The Labute approximate surface area is 567 Å². The Balaban J connectivity index is 0.000000119. The van der Waals surface area contributed by atoms with Gasteiger partial charge in [-0.3, -0.25) is 38.4 Å². The van der Waals surface area contributed by atoms with Crippen molar-refractivity contribution in [3.8, 4) is 12.1 Å². The molecule has 16 rings (SSSR count). The molecule has 0 fully saturated rings. The molecule has 0 saturated heterocycles. The molecule has 0 bridgehead atoms. The third-order valence-corrected chi connectivity index (χ3v) is 17.3. The number of hydrogen-bond acceptors (Lipinski definition) is 18. The van der Waals surface area contributed by atoms with Gasteiger partial charge in [-0.2, -0.15) is 20.2 Å². The van der Waals surface area contributed by atoms with E-state index in [0.29, 0.717) is 111 Å². The molecular formula is C69H41Br2N11O16. The highest BCUT2D eigenvalue weighted by Gasteiger charge is 2.51. The number of Topliss-reactive ketones (excluding diaryl/α,β-unsaturated/α-hetero) is 1. The van der Waals surface area contributed by atoms with E-state index in [1.54, 1.807) is 113 Å². The van der Waals surface area contributed by atoms with E-state index in [1.807, 2.05) is 0 Å². The standard InChI is InChI=1S/C22H10N6O4.C16H10Br2N2O4.C16H12N2O4.C15H9NO4/c1-25-20(26-2)15-8-7-14(32-15)19-17-16(21(29)28(19)4)18(27(3)22(17)30)13-6-5-12(31-13)11(9-23)10-24;1-19-13(7-3-5-9(17)23-7)11-12(15(19)21)14(20(2)16(11)22)8-4-6-10(18)24-8;1-17-13(9-5-3-7-21-9)11-12(15(17)19)14(18(2)16(11)20)10-6-4-8-22-10;17-9-7-8(10-3-1-5-19-10)12-13(9)14(16-15(12)18)11-4-2-6-20-11/h5-8H,3-4H3;3-6H,1-2H3;3-8H,1-2H3;1-6H,7H2,(H,16,18)/b18-13+,19-14+;;;. The number of ketones is 1. The Kier molecular flexibility index (Phi) is 15.9. The highest BCUT2D eigenvalue weighted by Crippen LogP contribution is 2.49. The lowest BCUT2D eigenvalue weighted by Crippen LogP contribution is -2.33. The number of nitriles is 2. The van der Waals surface area contributed by atoms with Crippen LogP contribution in [-0.4, -0.2) is 119 Å². The van der Waals surface area contributed by atoms with Crippen LogP contribution in [0.4, 0.5) is 0 Å². The second-order valence-electron chi connectivity index (χ2n) is 21.8. The second kappa shape index (κ2) is 24.6. The second-order valence-corrected chi connectivity index (χ2v) is 23.3. The zero-order chi connectivity index (χ0) is 69.4. The first-order valence-electron chi connectivity index (χ1n) is 28.8. The number of carbonyl (C=O) groups excluding carboxylic acids is 8. The first-order valence-corrected chi connectivity index (χ1v) is 30.4. The number of allylic oxidation sites excluding steroid dienone is 1. The maximum atomic E-state index is 13.1. The van der Waals surface area contributed by atoms with Crippen LogP contribution in [-0.2, 0) is 38.4 Å². The molecular weight excluding hydrogens is 1400 g/mol. The van der Waals surface area contributed by atoms with Crippen LogP contribution in [0.25, 0.3) is 66.5 Å². The molecule has 0 spiro atoms. The maximum Gasteiger partial charge on any atom is 0.562 e. The molecule has 0 saturated carbocycles. The number of likely N-dealkylation sites (N-methyl/N-ethyl adjacent to an activating group) is 6. The van der Waals surface area contributed by atoms with E-state index in [9.17, 15) is 38.4 Å². The van der Waals surface area contributed by atoms with Crippen LogP contribution in [0.1, 0.15) is 41.0 Å². The summed E-state index contributed by atoms with van der Waals surface area (Å²) in [4.78, 5) is 116. The van der Waals surface area contributed by atoms with Gasteiger partial charge in [0, 0.05) is 54.3 Å². The monoisotopic (exact) mass is 1440 g/mol. The van der Waals surface area contributed by atoms with Crippen molar-refractivity contribution in [2.45, 2.75) is 6.42 Å². The number of carbonyl (C=O) groups is 8. The fourth-order valence-corrected chi connectivity index (χ4v) is 12.7. The minimum absolute atomic E-state index is 0.0208. The topological polar surface area (TPSA) is 329 Å². The molecule has 1 N–H and O–H groups in total. The van der Waals surface area contributed by atoms with Gasteiger partial charge in [0.15, 0.2) is 65.7 Å². The highest BCUT2D eigenvalue weighted by atomic mass is 79.9. The van der Waals surface area contributed by atoms with Crippen molar-refractivity contribution in [2.24, 2.45) is 0 Å². The molecule has 98 heavy (non-hydrogen) atoms. The Morgan fingerprint density at radius 2 is 0.796 bits per heavy atom. The molecule has 15 heterocycles. The van der Waals surface area contributed by atoms with Gasteiger partial charge in [0.25, 0.3) is 41.4 Å². The molecule has 7 aliphatic heterocycles. The predicted molar refractivity (Wildman–Crippen MR) is 345 cm³/mol. The Hall–Kier alpha value is -13.2. The summed E-state index contributed by atoms with van der Waals surface area (Å²) in [6.45, 7) is 14.1. The largest absolute Gasteiger partial charge is 0.562 e. The lowest BCUT2D eigenvalue weighted by Gasteiger charge is -2.19. The van der Waals surface area contributed by atoms with Gasteiger partial charge in [-0.1, -0.05) is 0 Å². The first kappa shape index (κ1) is 63.5. The molecule has 0 radical (unpaired) electrons. The fraction of sp³-hybridized carbons (Fsp3) is 0.101. The van der Waals surface area contributed by atoms with Gasteiger partial charge in [0.1, 0.15) is 65.2 Å². The van der Waals surface area contributed by atoms with Crippen LogP contribution in [0, 0.1) is 35.8 Å². The van der Waals surface area contributed by atoms with Crippen molar-refractivity contribution in [3.63, 3.8) is 0 Å². The number of rotatable bonds is 6. The summed E-state index contributed by atoms with van der Waals surface area (Å²) in [6, 6.07) is 29.9. The summed E-state index contributed by atoms with van der Waals surface area (Å²) in [7, 11) is 9.45. The summed E-state index contributed by atoms with van der Waals surface area (Å²) >= 11 is 6.49. The fourth-order valence-electron chi connectivity index (χ4n) is 12.1. The van der Waals surface area contributed by atoms with Gasteiger partial charge in [0.05, 0.1) is 75.3 Å². The third kappa shape index (κ3) is 10.0. The maximum absolute atomic E-state index is 13.1. The van der Waals surface area contributed by atoms with E-state index in [1.165, 1.54) is 92.8 Å². The molecule has 482 valence electrons. The number of furan rings is 8. The molecule has 8 aromatic heterocycles. The van der Waals surface area contributed by atoms with E-state index in [0.717, 1.165) is 0 Å². The molecule has 27 nitrogen and oxygen atoms in total. The minimum Gasteiger partial charge on any atom is -0.465 e. The van der Waals surface area contributed by atoms with Crippen LogP contribution >= 0.6 is 31.9 Å². The number of nitrogens with one attached hydrogen (secondary N) is 1. The molecule has 0 aromatic carbocycles. The minimum atomic E-state index is -0.483. The van der Waals surface area contributed by atoms with Crippen molar-refractivity contribution in [1.82, 2.24) is 34.7 Å². The molecule has 29 heteroatoms. The summed E-state index contributed by atoms with van der Waals surface area (Å²) in [6.07, 6.45) is 6.23. The van der Waals surface area contributed by atoms with E-state index in [-0.39, 0.29) is 97.3 Å². The lowest BCUT2D eigenvalue weighted by molar-refractivity contribution is -0.123. The van der Waals surface area contributed by atoms with Gasteiger partial charge in [-0.15, -0.1) is 0 Å². The number of hydrogen-bond donors (Lipinski definition) is 1. The zero-order valence-corrected chi connectivity index (χ0v) is 54.7. The molecule has 8 aromatic rings. The van der Waals surface area contributed by atoms with Crippen LogP contribution in [0.15, 0.2) is 211 Å². The van der Waals surface area contributed by atoms with Crippen LogP contribution < -0.4 is 27.0 Å². The smallest absolute Gasteiger partial charge is 0.465 e. The number of nitrogens with zero attached hydrogens (tertiary/aromatic N) is 10. The van der Waals surface area contributed by atoms with Crippen molar-refractivity contribution < 1.29 is 73.7 Å². The Morgan fingerprint density at radius 3 is 1.17 bits per heavy atom. The van der Waals surface area contributed by atoms with Crippen molar-refractivity contribution in [2.75, 3.05) is 42.3 Å². The van der Waals surface area contributed by atoms with E-state index in [4.69, 9.17) is 59.0 Å². The SMILES string of the molecule is CN1C(=O)C2=C(c3ccc(Br)o3)N(C)C(=O)C2=C1c1ccc(Br)o1.CN1C(=O)C2=C(c3ccco3)N(C)C(=O)C2=C1c1ccco1.O=C1CC(c2ccco2)=C2C(=O)NC(c3ccco3)=C12.[C-]#[N+]C([N+]#[C-])=c1cc/c(=C2C3=C(C(=O)N/2C)/C(=c2/ccc(=C(C#N)C#N)o2)N(C)C3=O)o1. The Morgan fingerprint density at radius 1 is 0.429 bits per heavy atom. The van der Waals surface area contributed by atoms with Gasteiger partial charge in [-0.25, -0.2) is 0 Å². The van der Waals surface area contributed by atoms with E-state index in [2.05, 4.69) is 46.9 Å². The Bertz CT molecular complexity index is 5250. The quantitative estimate of drug-likeness (QED) is 0.170. The van der Waals surface area contributed by atoms with E-state index < -0.39 is 11.8 Å². The van der Waals surface area contributed by atoms with Crippen molar-refractivity contribution >= 4 is 136 Å². The van der Waals surface area contributed by atoms with E-state index >= 15 is 0 Å². The average molecular weight is 1440 g/mol. The molecule has 0 unspecified atom stereocenters. The molecule has 8 aliphatic rings. The van der Waals surface area contributed by atoms with Crippen LogP contribution in [0.2, 0.25) is 0 Å². The lowest BCUT2D eigenvalue weighted by atomic mass is 10.1. The summed E-state index contributed by atoms with van der Waals surface area (Å²) < 4.78 is 44.8. The number of fused-ring (bicyclic) bond motifs is 3. The highest BCUT2D eigenvalue weighted by molar-refractivity contribution is 9.10.